The second-order valence-corrected chi connectivity index (χ2v) is 13.0. The van der Waals surface area contributed by atoms with Gasteiger partial charge < -0.3 is 15.4 Å². The minimum Gasteiger partial charge on any atom is -0.378 e. The van der Waals surface area contributed by atoms with E-state index in [-0.39, 0.29) is 9.92 Å². The van der Waals surface area contributed by atoms with Crippen molar-refractivity contribution in [3.63, 3.8) is 0 Å². The van der Waals surface area contributed by atoms with Gasteiger partial charge in [0.15, 0.2) is 15.3 Å². The highest BCUT2D eigenvalue weighted by molar-refractivity contribution is 7.91. The highest BCUT2D eigenvalue weighted by Gasteiger charge is 2.25. The number of sulfone groups is 1. The molecule has 0 aliphatic heterocycles. The minimum absolute atomic E-state index is 0.0263. The van der Waals surface area contributed by atoms with Crippen LogP contribution in [0.25, 0.3) is 22.5 Å². The molecule has 0 saturated heterocycles. The van der Waals surface area contributed by atoms with Crippen molar-refractivity contribution < 1.29 is 13.2 Å². The number of rotatable bonds is 10. The van der Waals surface area contributed by atoms with Gasteiger partial charge in [0.05, 0.1) is 46.5 Å². The summed E-state index contributed by atoms with van der Waals surface area (Å²) < 4.78 is 30.9. The van der Waals surface area contributed by atoms with E-state index in [1.165, 1.54) is 28.9 Å². The number of nitrogens with zero attached hydrogens (tertiary/aromatic N) is 6. The summed E-state index contributed by atoms with van der Waals surface area (Å²) in [6.45, 7) is 0.482. The largest absolute Gasteiger partial charge is 0.378 e. The fraction of sp³-hybridized carbons (Fsp3) is 0.0667. The molecule has 6 aromatic heterocycles. The lowest BCUT2D eigenvalue weighted by molar-refractivity contribution is 0.182. The van der Waals surface area contributed by atoms with Gasteiger partial charge in [-0.05, 0) is 36.4 Å². The Bertz CT molecular complexity index is 2100. The molecule has 0 amide bonds. The summed E-state index contributed by atoms with van der Waals surface area (Å²) in [4.78, 5) is 17.6. The SMILES string of the molecule is COCc1[nH]ncc1-c1csc(Nc2ccccn2)n1.O=S(=O)(c1ccccc1)c1[nH]ncc1-c1csc(Nc2ccccn2)n1. The van der Waals surface area contributed by atoms with Crippen LogP contribution in [0.5, 0.6) is 0 Å². The van der Waals surface area contributed by atoms with Gasteiger partial charge >= 0.3 is 0 Å². The topological polar surface area (TPSA) is 176 Å². The smallest absolute Gasteiger partial charge is 0.223 e. The average molecular weight is 671 g/mol. The fourth-order valence-electron chi connectivity index (χ4n) is 4.17. The lowest BCUT2D eigenvalue weighted by Crippen LogP contribution is -2.04. The van der Waals surface area contributed by atoms with Gasteiger partial charge in [0.25, 0.3) is 0 Å². The van der Waals surface area contributed by atoms with Gasteiger partial charge in [-0.1, -0.05) is 30.3 Å². The second-order valence-electron chi connectivity index (χ2n) is 9.38. The molecule has 13 nitrogen and oxygen atoms in total. The molecule has 0 spiro atoms. The third kappa shape index (κ3) is 7.16. The van der Waals surface area contributed by atoms with Gasteiger partial charge in [-0.25, -0.2) is 28.4 Å². The van der Waals surface area contributed by atoms with E-state index in [1.54, 1.807) is 61.4 Å². The third-order valence-electron chi connectivity index (χ3n) is 6.29. The first-order valence-corrected chi connectivity index (χ1v) is 16.9. The van der Waals surface area contributed by atoms with E-state index in [0.717, 1.165) is 27.9 Å². The lowest BCUT2D eigenvalue weighted by Gasteiger charge is -2.04. The summed E-state index contributed by atoms with van der Waals surface area (Å²) in [7, 11) is -2.06. The fourth-order valence-corrected chi connectivity index (χ4v) is 6.98. The van der Waals surface area contributed by atoms with Crippen molar-refractivity contribution in [3.05, 3.63) is 108 Å². The van der Waals surface area contributed by atoms with Crippen molar-refractivity contribution in [2.24, 2.45) is 0 Å². The Morgan fingerprint density at radius 1 is 0.739 bits per heavy atom. The summed E-state index contributed by atoms with van der Waals surface area (Å²) in [5, 5.41) is 24.9. The summed E-state index contributed by atoms with van der Waals surface area (Å²) >= 11 is 2.88. The number of hydrogen-bond donors (Lipinski definition) is 4. The van der Waals surface area contributed by atoms with E-state index in [1.807, 2.05) is 41.8 Å². The summed E-state index contributed by atoms with van der Waals surface area (Å²) in [6, 6.07) is 19.4. The third-order valence-corrected chi connectivity index (χ3v) is 9.55. The van der Waals surface area contributed by atoms with Gasteiger partial charge in [0.1, 0.15) is 11.6 Å². The number of anilines is 4. The number of aromatic amines is 2. The number of aromatic nitrogens is 8. The molecule has 46 heavy (non-hydrogen) atoms. The Kier molecular flexibility index (Phi) is 9.49. The van der Waals surface area contributed by atoms with Gasteiger partial charge in [-0.15, -0.1) is 22.7 Å². The van der Waals surface area contributed by atoms with Crippen LogP contribution in [0.2, 0.25) is 0 Å². The maximum atomic E-state index is 12.9. The zero-order valence-electron chi connectivity index (χ0n) is 24.2. The number of methoxy groups -OCH3 is 1. The van der Waals surface area contributed by atoms with Gasteiger partial charge in [-0.2, -0.15) is 10.2 Å². The van der Waals surface area contributed by atoms with Crippen LogP contribution in [-0.4, -0.2) is 55.9 Å². The van der Waals surface area contributed by atoms with Crippen LogP contribution in [0.1, 0.15) is 5.69 Å². The van der Waals surface area contributed by atoms with Crippen LogP contribution in [-0.2, 0) is 21.2 Å². The number of ether oxygens (including phenoxy) is 1. The maximum Gasteiger partial charge on any atom is 0.223 e. The van der Waals surface area contributed by atoms with Crippen LogP contribution in [0.3, 0.4) is 0 Å². The quantitative estimate of drug-likeness (QED) is 0.128. The predicted molar refractivity (Wildman–Crippen MR) is 177 cm³/mol. The van der Waals surface area contributed by atoms with Gasteiger partial charge in [-0.3, -0.25) is 10.2 Å². The zero-order chi connectivity index (χ0) is 31.8. The molecule has 0 aliphatic rings. The van der Waals surface area contributed by atoms with Crippen molar-refractivity contribution in [1.29, 1.82) is 0 Å². The Labute approximate surface area is 271 Å². The van der Waals surface area contributed by atoms with Crippen molar-refractivity contribution in [1.82, 2.24) is 40.3 Å². The normalized spacial score (nSPS) is 11.1. The van der Waals surface area contributed by atoms with E-state index >= 15 is 0 Å². The molecule has 16 heteroatoms. The van der Waals surface area contributed by atoms with Crippen LogP contribution in [0.15, 0.2) is 112 Å². The number of pyridine rings is 2. The zero-order valence-corrected chi connectivity index (χ0v) is 26.6. The number of thiazole rings is 2. The molecule has 7 aromatic rings. The van der Waals surface area contributed by atoms with Crippen LogP contribution in [0, 0.1) is 0 Å². The van der Waals surface area contributed by atoms with Crippen molar-refractivity contribution >= 4 is 54.4 Å². The number of benzene rings is 1. The highest BCUT2D eigenvalue weighted by atomic mass is 32.2. The predicted octanol–water partition coefficient (Wildman–Crippen LogP) is 6.32. The van der Waals surface area contributed by atoms with Crippen molar-refractivity contribution in [3.8, 4) is 22.5 Å². The first-order chi connectivity index (χ1) is 22.5. The molecule has 6 heterocycles. The van der Waals surface area contributed by atoms with Crippen LogP contribution < -0.4 is 10.6 Å². The molecule has 0 fully saturated rings. The maximum absolute atomic E-state index is 12.9. The van der Waals surface area contributed by atoms with Crippen molar-refractivity contribution in [2.75, 3.05) is 17.7 Å². The standard InChI is InChI=1S/C17H13N5O2S2.C13H13N5OS/c23-26(24,12-6-2-1-3-7-12)16-13(10-19-22-16)14-11-25-17(20-14)21-15-8-4-5-9-18-15;1-19-7-10-9(6-15-18-10)11-8-20-13(16-11)17-12-4-2-3-5-14-12/h1-11H,(H,19,22)(H,18,20,21);2-6,8H,7H2,1H3,(H,15,18)(H,14,16,17). The first kappa shape index (κ1) is 30.7. The molecule has 0 aliphatic carbocycles. The molecule has 1 aromatic carbocycles. The average Bonchev–Trinajstić information content (AvgIpc) is 3.91. The molecule has 7 rings (SSSR count). The molecule has 0 saturated carbocycles. The van der Waals surface area contributed by atoms with Crippen LogP contribution >= 0.6 is 22.7 Å². The lowest BCUT2D eigenvalue weighted by atomic mass is 10.2. The highest BCUT2D eigenvalue weighted by Crippen LogP contribution is 2.32. The minimum atomic E-state index is -3.71. The molecular formula is C30H26N10O3S3. The van der Waals surface area contributed by atoms with E-state index in [4.69, 9.17) is 4.74 Å². The summed E-state index contributed by atoms with van der Waals surface area (Å²) in [5.74, 6) is 1.44. The molecule has 0 unspecified atom stereocenters. The molecule has 4 N–H and O–H groups in total. The molecular weight excluding hydrogens is 645 g/mol. The second kappa shape index (κ2) is 14.2. The van der Waals surface area contributed by atoms with Crippen molar-refractivity contribution in [2.45, 2.75) is 16.5 Å². The Morgan fingerprint density at radius 3 is 1.89 bits per heavy atom. The van der Waals surface area contributed by atoms with Crippen LogP contribution in [0.4, 0.5) is 21.9 Å². The Balaban J connectivity index is 0.000000167. The number of hydrogen-bond acceptors (Lipinski definition) is 13. The number of H-pyrrole nitrogens is 2. The monoisotopic (exact) mass is 670 g/mol. The summed E-state index contributed by atoms with van der Waals surface area (Å²) in [5.41, 5.74) is 3.70. The van der Waals surface area contributed by atoms with E-state index in [2.05, 4.69) is 51.0 Å². The molecule has 0 radical (unpaired) electrons. The summed E-state index contributed by atoms with van der Waals surface area (Å²) in [6.07, 6.45) is 6.64. The number of nitrogens with one attached hydrogen (secondary N) is 4. The van der Waals surface area contributed by atoms with Gasteiger partial charge in [0.2, 0.25) is 9.84 Å². The van der Waals surface area contributed by atoms with Gasteiger partial charge in [0, 0.05) is 35.8 Å². The molecule has 0 bridgehead atoms. The van der Waals surface area contributed by atoms with E-state index < -0.39 is 9.84 Å². The first-order valence-electron chi connectivity index (χ1n) is 13.6. The van der Waals surface area contributed by atoms with E-state index in [0.29, 0.717) is 28.8 Å². The molecule has 0 atom stereocenters. The molecule has 232 valence electrons. The Morgan fingerprint density at radius 2 is 1.30 bits per heavy atom. The Hall–Kier alpha value is -5.29. The van der Waals surface area contributed by atoms with E-state index in [9.17, 15) is 8.42 Å².